The standard InChI is InChI=1S/C39H37NO5S/c1-43-35-15-5-6-16-37(35)46-26-34-23-36(29-19-17-27(25-41)18-20-29)45-39(44-34)33-14-8-13-32(22-33)31-12-7-9-28(21-31)24-40-38(42)30-10-3-2-4-11-30/h2-22,34,36,39,41H,23-26H2,1H3,(H,40,42)/t34-,36+,39+/m1/s1. The van der Waals surface area contributed by atoms with E-state index in [1.807, 2.05) is 97.1 Å². The van der Waals surface area contributed by atoms with Gasteiger partial charge in [-0.2, -0.15) is 0 Å². The first-order chi connectivity index (χ1) is 22.6. The molecule has 0 bridgehead atoms. The minimum absolute atomic E-state index is 0.00308. The highest BCUT2D eigenvalue weighted by atomic mass is 32.2. The normalized spacial score (nSPS) is 17.7. The molecule has 3 atom stereocenters. The Hall–Kier alpha value is -4.40. The Labute approximate surface area is 274 Å². The van der Waals surface area contributed by atoms with Crippen LogP contribution in [-0.2, 0) is 22.6 Å². The minimum Gasteiger partial charge on any atom is -0.496 e. The maximum absolute atomic E-state index is 12.6. The number of rotatable bonds is 11. The predicted octanol–water partition coefficient (Wildman–Crippen LogP) is 8.12. The molecule has 46 heavy (non-hydrogen) atoms. The molecular formula is C39H37NO5S. The summed E-state index contributed by atoms with van der Waals surface area (Å²) < 4.78 is 18.8. The lowest BCUT2D eigenvalue weighted by atomic mass is 9.99. The summed E-state index contributed by atoms with van der Waals surface area (Å²) in [6, 6.07) is 41.7. The number of hydrogen-bond acceptors (Lipinski definition) is 6. The maximum atomic E-state index is 12.6. The Kier molecular flexibility index (Phi) is 10.5. The molecule has 0 saturated carbocycles. The van der Waals surface area contributed by atoms with E-state index in [0.29, 0.717) is 18.5 Å². The predicted molar refractivity (Wildman–Crippen MR) is 182 cm³/mol. The third-order valence-corrected chi connectivity index (χ3v) is 9.20. The highest BCUT2D eigenvalue weighted by molar-refractivity contribution is 7.99. The van der Waals surface area contributed by atoms with Gasteiger partial charge in [0.15, 0.2) is 6.29 Å². The monoisotopic (exact) mass is 631 g/mol. The summed E-state index contributed by atoms with van der Waals surface area (Å²) >= 11 is 1.72. The highest BCUT2D eigenvalue weighted by Crippen LogP contribution is 2.41. The average molecular weight is 632 g/mol. The molecule has 6 nitrogen and oxygen atoms in total. The van der Waals surface area contributed by atoms with E-state index in [1.54, 1.807) is 18.9 Å². The van der Waals surface area contributed by atoms with E-state index in [4.69, 9.17) is 14.2 Å². The zero-order valence-corrected chi connectivity index (χ0v) is 26.5. The van der Waals surface area contributed by atoms with Crippen LogP contribution in [0.2, 0.25) is 0 Å². The first-order valence-corrected chi connectivity index (χ1v) is 16.4. The van der Waals surface area contributed by atoms with Crippen LogP contribution in [0.25, 0.3) is 11.1 Å². The third-order valence-electron chi connectivity index (χ3n) is 8.02. The number of hydrogen-bond donors (Lipinski definition) is 2. The Morgan fingerprint density at radius 1 is 0.804 bits per heavy atom. The largest absolute Gasteiger partial charge is 0.496 e. The van der Waals surface area contributed by atoms with Crippen LogP contribution in [0.15, 0.2) is 132 Å². The van der Waals surface area contributed by atoms with E-state index in [0.717, 1.165) is 49.8 Å². The molecule has 0 radical (unpaired) electrons. The number of amides is 1. The van der Waals surface area contributed by atoms with Gasteiger partial charge in [0.1, 0.15) is 5.75 Å². The van der Waals surface area contributed by atoms with Crippen molar-refractivity contribution in [2.45, 2.75) is 43.0 Å². The summed E-state index contributed by atoms with van der Waals surface area (Å²) in [7, 11) is 1.69. The molecule has 5 aromatic rings. The number of para-hydroxylation sites is 1. The van der Waals surface area contributed by atoms with E-state index >= 15 is 0 Å². The Morgan fingerprint density at radius 3 is 2.33 bits per heavy atom. The van der Waals surface area contributed by atoms with Gasteiger partial charge in [-0.05, 0) is 64.2 Å². The number of methoxy groups -OCH3 is 1. The highest BCUT2D eigenvalue weighted by Gasteiger charge is 2.32. The molecule has 1 aliphatic heterocycles. The molecule has 5 aromatic carbocycles. The Bertz CT molecular complexity index is 1740. The summed E-state index contributed by atoms with van der Waals surface area (Å²) in [6.07, 6.45) is -0.104. The van der Waals surface area contributed by atoms with Gasteiger partial charge in [0.25, 0.3) is 5.91 Å². The lowest BCUT2D eigenvalue weighted by Gasteiger charge is -2.36. The van der Waals surface area contributed by atoms with E-state index in [1.165, 1.54) is 0 Å². The lowest BCUT2D eigenvalue weighted by Crippen LogP contribution is -2.31. The van der Waals surface area contributed by atoms with Crippen LogP contribution in [0.4, 0.5) is 0 Å². The third kappa shape index (κ3) is 7.87. The van der Waals surface area contributed by atoms with Crippen molar-refractivity contribution < 1.29 is 24.1 Å². The average Bonchev–Trinajstić information content (AvgIpc) is 3.13. The second-order valence-corrected chi connectivity index (χ2v) is 12.2. The second kappa shape index (κ2) is 15.3. The molecule has 2 N–H and O–H groups in total. The smallest absolute Gasteiger partial charge is 0.251 e. The van der Waals surface area contributed by atoms with Gasteiger partial charge in [-0.15, -0.1) is 11.8 Å². The Morgan fingerprint density at radius 2 is 1.54 bits per heavy atom. The van der Waals surface area contributed by atoms with E-state index in [-0.39, 0.29) is 24.7 Å². The van der Waals surface area contributed by atoms with Crippen LogP contribution in [0.5, 0.6) is 5.75 Å². The molecule has 0 aliphatic carbocycles. The molecule has 1 fully saturated rings. The van der Waals surface area contributed by atoms with Crippen LogP contribution in [0.1, 0.15) is 51.4 Å². The van der Waals surface area contributed by atoms with Crippen LogP contribution in [0, 0.1) is 0 Å². The van der Waals surface area contributed by atoms with Crippen molar-refractivity contribution in [2.75, 3.05) is 12.9 Å². The van der Waals surface area contributed by atoms with Crippen molar-refractivity contribution in [3.63, 3.8) is 0 Å². The van der Waals surface area contributed by atoms with Crippen molar-refractivity contribution in [1.29, 1.82) is 0 Å². The zero-order chi connectivity index (χ0) is 31.7. The van der Waals surface area contributed by atoms with Crippen LogP contribution < -0.4 is 10.1 Å². The fraction of sp³-hybridized carbons (Fsp3) is 0.205. The van der Waals surface area contributed by atoms with E-state index in [9.17, 15) is 9.90 Å². The first kappa shape index (κ1) is 31.6. The van der Waals surface area contributed by atoms with Gasteiger partial charge in [0.05, 0.1) is 25.9 Å². The van der Waals surface area contributed by atoms with Crippen molar-refractivity contribution in [3.8, 4) is 16.9 Å². The number of ether oxygens (including phenoxy) is 3. The summed E-state index contributed by atoms with van der Waals surface area (Å²) in [5.41, 5.74) is 6.59. The summed E-state index contributed by atoms with van der Waals surface area (Å²) in [5.74, 6) is 1.49. The number of aliphatic hydroxyl groups is 1. The fourth-order valence-corrected chi connectivity index (χ4v) is 6.59. The van der Waals surface area contributed by atoms with Gasteiger partial charge in [-0.3, -0.25) is 4.79 Å². The molecule has 1 heterocycles. The quantitative estimate of drug-likeness (QED) is 0.143. The first-order valence-electron chi connectivity index (χ1n) is 15.4. The summed E-state index contributed by atoms with van der Waals surface area (Å²) in [6.45, 7) is 0.432. The molecule has 7 heteroatoms. The van der Waals surface area contributed by atoms with Gasteiger partial charge >= 0.3 is 0 Å². The molecule has 0 unspecified atom stereocenters. The van der Waals surface area contributed by atoms with Crippen molar-refractivity contribution in [3.05, 3.63) is 155 Å². The Balaban J connectivity index is 1.20. The van der Waals surface area contributed by atoms with Crippen molar-refractivity contribution in [1.82, 2.24) is 5.32 Å². The van der Waals surface area contributed by atoms with E-state index < -0.39 is 6.29 Å². The molecule has 1 saturated heterocycles. The van der Waals surface area contributed by atoms with Gasteiger partial charge < -0.3 is 24.6 Å². The zero-order valence-electron chi connectivity index (χ0n) is 25.7. The van der Waals surface area contributed by atoms with Crippen LogP contribution >= 0.6 is 11.8 Å². The SMILES string of the molecule is COc1ccccc1SC[C@H]1C[C@@H](c2ccc(CO)cc2)O[C@@H](c2cccc(-c3cccc(CNC(=O)c4ccccc4)c3)c2)O1. The van der Waals surface area contributed by atoms with Gasteiger partial charge in [-0.25, -0.2) is 0 Å². The summed E-state index contributed by atoms with van der Waals surface area (Å²) in [4.78, 5) is 13.7. The summed E-state index contributed by atoms with van der Waals surface area (Å²) in [5, 5.41) is 12.6. The molecule has 1 aliphatic rings. The topological polar surface area (TPSA) is 77.0 Å². The van der Waals surface area contributed by atoms with Gasteiger partial charge in [0.2, 0.25) is 0 Å². The lowest BCUT2D eigenvalue weighted by molar-refractivity contribution is -0.245. The number of benzene rings is 5. The molecule has 1 amide bonds. The molecule has 0 spiro atoms. The second-order valence-electron chi connectivity index (χ2n) is 11.2. The number of carbonyl (C=O) groups excluding carboxylic acids is 1. The maximum Gasteiger partial charge on any atom is 0.251 e. The van der Waals surface area contributed by atoms with Crippen molar-refractivity contribution >= 4 is 17.7 Å². The van der Waals surface area contributed by atoms with Crippen LogP contribution in [0.3, 0.4) is 0 Å². The number of thioether (sulfide) groups is 1. The van der Waals surface area contributed by atoms with Gasteiger partial charge in [-0.1, -0.05) is 91.0 Å². The van der Waals surface area contributed by atoms with E-state index in [2.05, 4.69) is 35.6 Å². The van der Waals surface area contributed by atoms with Crippen molar-refractivity contribution in [2.24, 2.45) is 0 Å². The molecule has 0 aromatic heterocycles. The van der Waals surface area contributed by atoms with Crippen LogP contribution in [-0.4, -0.2) is 30.0 Å². The number of nitrogens with one attached hydrogen (secondary N) is 1. The fourth-order valence-electron chi connectivity index (χ4n) is 5.54. The molecule has 6 rings (SSSR count). The molecular weight excluding hydrogens is 594 g/mol. The number of aliphatic hydroxyl groups excluding tert-OH is 1. The molecule has 234 valence electrons. The van der Waals surface area contributed by atoms with Gasteiger partial charge in [0, 0.05) is 34.7 Å². The minimum atomic E-state index is -0.562. The number of carbonyl (C=O) groups is 1.